The summed E-state index contributed by atoms with van der Waals surface area (Å²) in [5.41, 5.74) is 0. The van der Waals surface area contributed by atoms with Crippen molar-refractivity contribution < 1.29 is 19.4 Å². The molecule has 0 aliphatic heterocycles. The Bertz CT molecular complexity index is 111. The van der Waals surface area contributed by atoms with Crippen LogP contribution in [-0.2, 0) is 9.47 Å². The minimum Gasteiger partial charge on any atom is -0.450 e. The molecule has 0 saturated carbocycles. The monoisotopic (exact) mass is 160 g/mol. The third-order valence-electron chi connectivity index (χ3n) is 0.501. The molecule has 0 aromatic heterocycles. The smallest absolute Gasteiger partial charge is 0.450 e. The van der Waals surface area contributed by atoms with Crippen LogP contribution in [0, 0.1) is 0 Å². The van der Waals surface area contributed by atoms with Gasteiger partial charge in [-0.25, -0.2) is 4.79 Å². The zero-order valence-electron chi connectivity index (χ0n) is 6.28. The van der Waals surface area contributed by atoms with Gasteiger partial charge in [0, 0.05) is 0 Å². The molecule has 11 heavy (non-hydrogen) atoms. The molecule has 0 heterocycles. The molecule has 0 spiro atoms. The second-order valence-electron chi connectivity index (χ2n) is 1.19. The first-order chi connectivity index (χ1) is 5.27. The molecular formula is C7H12O4. The van der Waals surface area contributed by atoms with Crippen molar-refractivity contribution in [3.63, 3.8) is 0 Å². The van der Waals surface area contributed by atoms with Crippen molar-refractivity contribution in [2.75, 3.05) is 13.4 Å². The molecule has 0 radical (unpaired) electrons. The predicted molar refractivity (Wildman–Crippen MR) is 41.4 cm³/mol. The molecule has 0 bridgehead atoms. The second kappa shape index (κ2) is 11.5. The van der Waals surface area contributed by atoms with Crippen LogP contribution in [0.15, 0.2) is 25.8 Å². The van der Waals surface area contributed by atoms with Gasteiger partial charge in [-0.05, 0) is 0 Å². The minimum atomic E-state index is -1.33. The molecular weight excluding hydrogens is 148 g/mol. The van der Waals surface area contributed by atoms with Gasteiger partial charge in [0.15, 0.2) is 6.79 Å². The van der Waals surface area contributed by atoms with Crippen molar-refractivity contribution in [1.29, 1.82) is 0 Å². The van der Waals surface area contributed by atoms with E-state index in [0.29, 0.717) is 6.61 Å². The number of carbonyl (C=O) groups is 1. The van der Waals surface area contributed by atoms with Crippen molar-refractivity contribution >= 4 is 6.16 Å². The van der Waals surface area contributed by atoms with E-state index in [-0.39, 0.29) is 6.79 Å². The quantitative estimate of drug-likeness (QED) is 0.294. The Morgan fingerprint density at radius 3 is 2.45 bits per heavy atom. The number of rotatable bonds is 4. The summed E-state index contributed by atoms with van der Waals surface area (Å²) < 4.78 is 8.56. The lowest BCUT2D eigenvalue weighted by molar-refractivity contribution is -0.0239. The van der Waals surface area contributed by atoms with Crippen LogP contribution in [-0.4, -0.2) is 24.7 Å². The number of carboxylic acid groups (broad SMARTS) is 1. The van der Waals surface area contributed by atoms with Gasteiger partial charge in [0.25, 0.3) is 0 Å². The first-order valence-corrected chi connectivity index (χ1v) is 2.81. The molecule has 0 aliphatic rings. The maximum Gasteiger partial charge on any atom is 0.507 e. The molecule has 0 amide bonds. The van der Waals surface area contributed by atoms with Crippen molar-refractivity contribution in [1.82, 2.24) is 0 Å². The average Bonchev–Trinajstić information content (AvgIpc) is 2.02. The highest BCUT2D eigenvalue weighted by atomic mass is 16.7. The van der Waals surface area contributed by atoms with E-state index in [4.69, 9.17) is 5.11 Å². The molecule has 0 rings (SSSR count). The second-order valence-corrected chi connectivity index (χ2v) is 1.19. The zero-order chi connectivity index (χ0) is 9.11. The van der Waals surface area contributed by atoms with Crippen LogP contribution in [0.4, 0.5) is 4.79 Å². The van der Waals surface area contributed by atoms with E-state index in [9.17, 15) is 4.79 Å². The average molecular weight is 160 g/mol. The molecule has 0 fully saturated rings. The fourth-order valence-corrected chi connectivity index (χ4v) is 0.224. The highest BCUT2D eigenvalue weighted by Crippen LogP contribution is 1.78. The van der Waals surface area contributed by atoms with Gasteiger partial charge >= 0.3 is 6.16 Å². The van der Waals surface area contributed by atoms with E-state index < -0.39 is 6.16 Å². The highest BCUT2D eigenvalue weighted by Gasteiger charge is 1.91. The van der Waals surface area contributed by atoms with Crippen LogP contribution in [0.3, 0.4) is 0 Å². The summed E-state index contributed by atoms with van der Waals surface area (Å²) in [6.45, 7) is 9.41. The summed E-state index contributed by atoms with van der Waals surface area (Å²) in [6.07, 6.45) is 0.171. The zero-order valence-corrected chi connectivity index (χ0v) is 6.28. The highest BCUT2D eigenvalue weighted by molar-refractivity contribution is 5.56. The maximum absolute atomic E-state index is 9.63. The topological polar surface area (TPSA) is 55.8 Å². The van der Waals surface area contributed by atoms with Crippen LogP contribution >= 0.6 is 0 Å². The largest absolute Gasteiger partial charge is 0.507 e. The maximum atomic E-state index is 9.63. The lowest BCUT2D eigenvalue weighted by Gasteiger charge is -1.97. The lowest BCUT2D eigenvalue weighted by atomic mass is 10.7. The molecule has 64 valence electrons. The van der Waals surface area contributed by atoms with Crippen molar-refractivity contribution in [3.05, 3.63) is 25.8 Å². The van der Waals surface area contributed by atoms with Gasteiger partial charge in [0.1, 0.15) is 0 Å². The normalized spacial score (nSPS) is 7.27. The molecule has 4 heteroatoms. The first kappa shape index (κ1) is 12.4. The molecule has 0 aromatic carbocycles. The Labute approximate surface area is 65.7 Å². The molecule has 4 nitrogen and oxygen atoms in total. The Kier molecular flexibility index (Phi) is 13.0. The number of hydrogen-bond donors (Lipinski definition) is 1. The molecule has 0 aliphatic carbocycles. The molecule has 0 atom stereocenters. The van der Waals surface area contributed by atoms with E-state index in [1.807, 2.05) is 0 Å². The number of hydrogen-bond acceptors (Lipinski definition) is 3. The summed E-state index contributed by atoms with van der Waals surface area (Å²) in [5.74, 6) is 0. The van der Waals surface area contributed by atoms with Gasteiger partial charge < -0.3 is 14.6 Å². The van der Waals surface area contributed by atoms with Gasteiger partial charge in [-0.15, -0.1) is 19.7 Å². The van der Waals surface area contributed by atoms with Gasteiger partial charge in [-0.1, -0.05) is 6.08 Å². The van der Waals surface area contributed by atoms with Gasteiger partial charge in [-0.2, -0.15) is 0 Å². The molecule has 0 unspecified atom stereocenters. The molecule has 1 N–H and O–H groups in total. The summed E-state index contributed by atoms with van der Waals surface area (Å²) in [6, 6.07) is 0. The lowest BCUT2D eigenvalue weighted by Crippen LogP contribution is -2.04. The van der Waals surface area contributed by atoms with E-state index in [2.05, 4.69) is 29.2 Å². The van der Waals surface area contributed by atoms with Crippen molar-refractivity contribution in [2.24, 2.45) is 0 Å². The van der Waals surface area contributed by atoms with Gasteiger partial charge in [0.05, 0.1) is 6.61 Å². The summed E-state index contributed by atoms with van der Waals surface area (Å²) in [5, 5.41) is 7.88. The van der Waals surface area contributed by atoms with Crippen molar-refractivity contribution in [2.45, 2.75) is 0 Å². The summed E-state index contributed by atoms with van der Waals surface area (Å²) in [4.78, 5) is 9.63. The van der Waals surface area contributed by atoms with Crippen LogP contribution in [0.1, 0.15) is 0 Å². The van der Waals surface area contributed by atoms with Crippen LogP contribution < -0.4 is 0 Å². The fraction of sp³-hybridized carbons (Fsp3) is 0.286. The van der Waals surface area contributed by atoms with Crippen molar-refractivity contribution in [3.8, 4) is 0 Å². The van der Waals surface area contributed by atoms with E-state index in [1.165, 1.54) is 6.08 Å². The van der Waals surface area contributed by atoms with Gasteiger partial charge in [-0.3, -0.25) is 0 Å². The Hall–Kier alpha value is -1.29. The third-order valence-corrected chi connectivity index (χ3v) is 0.501. The predicted octanol–water partition coefficient (Wildman–Crippen LogP) is 1.64. The third kappa shape index (κ3) is 17.7. The van der Waals surface area contributed by atoms with Gasteiger partial charge in [0.2, 0.25) is 0 Å². The summed E-state index contributed by atoms with van der Waals surface area (Å²) >= 11 is 0. The first-order valence-electron chi connectivity index (χ1n) is 2.81. The Balaban J connectivity index is 0. The van der Waals surface area contributed by atoms with Crippen LogP contribution in [0.25, 0.3) is 0 Å². The standard InChI is InChI=1S/C5H8O4.C2H4/c1-2-3-8-4-9-5(6)7;1-2/h2H,1,3-4H2,(H,6,7);1-2H2. The fourth-order valence-electron chi connectivity index (χ4n) is 0.224. The molecule has 0 saturated heterocycles. The van der Waals surface area contributed by atoms with E-state index in [0.717, 1.165) is 0 Å². The van der Waals surface area contributed by atoms with E-state index in [1.54, 1.807) is 0 Å². The SMILES string of the molecule is C=C.C=CCOCOC(=O)O. The summed E-state index contributed by atoms with van der Waals surface area (Å²) in [7, 11) is 0. The Morgan fingerprint density at radius 2 is 2.09 bits per heavy atom. The number of ether oxygens (including phenoxy) is 2. The van der Waals surface area contributed by atoms with Crippen LogP contribution in [0.5, 0.6) is 0 Å². The molecule has 0 aromatic rings. The minimum absolute atomic E-state index is 0.235. The van der Waals surface area contributed by atoms with E-state index >= 15 is 0 Å². The Morgan fingerprint density at radius 1 is 1.55 bits per heavy atom. The van der Waals surface area contributed by atoms with Crippen LogP contribution in [0.2, 0.25) is 0 Å².